The van der Waals surface area contributed by atoms with E-state index in [0.717, 1.165) is 0 Å². The molecule has 0 aliphatic rings. The Kier molecular flexibility index (Phi) is 12.3. The molecule has 0 aliphatic carbocycles. The summed E-state index contributed by atoms with van der Waals surface area (Å²) >= 11 is 0. The Labute approximate surface area is 133 Å². The number of halogens is 7. The van der Waals surface area contributed by atoms with Gasteiger partial charge in [-0.15, -0.1) is 0 Å². The molecule has 0 spiro atoms. The van der Waals surface area contributed by atoms with Gasteiger partial charge in [-0.3, -0.25) is 4.39 Å². The van der Waals surface area contributed by atoms with Crippen LogP contribution < -0.4 is 0 Å². The minimum Gasteiger partial charge on any atom is -0.448 e. The second kappa shape index (κ2) is 9.50. The predicted molar refractivity (Wildman–Crippen MR) is 52.4 cm³/mol. The van der Waals surface area contributed by atoms with Crippen molar-refractivity contribution in [1.82, 2.24) is 0 Å². The van der Waals surface area contributed by atoms with E-state index in [4.69, 9.17) is 0 Å². The first-order valence-electron chi connectivity index (χ1n) is 4.78. The maximum absolute atomic E-state index is 13.2. The number of hydrogen-bond acceptors (Lipinski definition) is 1. The average Bonchev–Trinajstić information content (AvgIpc) is 2.28. The van der Waals surface area contributed by atoms with Gasteiger partial charge in [-0.25, -0.2) is 13.2 Å². The molecule has 0 aromatic carbocycles. The van der Waals surface area contributed by atoms with E-state index in [1.54, 1.807) is 6.92 Å². The average molecular weight is 373 g/mol. The Morgan fingerprint density at radius 3 is 1.74 bits per heavy atom. The van der Waals surface area contributed by atoms with Gasteiger partial charge in [0.05, 0.1) is 0 Å². The second-order valence-electron chi connectivity index (χ2n) is 3.34. The molecule has 19 heavy (non-hydrogen) atoms. The second-order valence-corrected chi connectivity index (χ2v) is 3.34. The third-order valence-corrected chi connectivity index (χ3v) is 1.93. The molecule has 1 atom stereocenters. The van der Waals surface area contributed by atoms with Crippen LogP contribution in [0.3, 0.4) is 0 Å². The first-order valence-corrected chi connectivity index (χ1v) is 4.78. The zero-order valence-corrected chi connectivity index (χ0v) is 13.6. The third-order valence-electron chi connectivity index (χ3n) is 1.93. The van der Waals surface area contributed by atoms with Gasteiger partial charge in [0, 0.05) is 52.9 Å². The van der Waals surface area contributed by atoms with Gasteiger partial charge >= 0.3 is 6.11 Å². The van der Waals surface area contributed by atoms with Gasteiger partial charge < -0.3 is 16.1 Å². The largest absolute Gasteiger partial charge is 0.448 e. The molecule has 0 fully saturated rings. The molecular weight excluding hydrogens is 358 g/mol. The molecule has 0 saturated heterocycles. The molecule has 0 aliphatic heterocycles. The zero-order chi connectivity index (χ0) is 15.2. The molecule has 0 bridgehead atoms. The summed E-state index contributed by atoms with van der Waals surface area (Å²) in [7, 11) is 0.408. The van der Waals surface area contributed by atoms with Crippen molar-refractivity contribution in [1.29, 1.82) is 0 Å². The van der Waals surface area contributed by atoms with Crippen molar-refractivity contribution in [2.75, 3.05) is 13.8 Å². The third kappa shape index (κ3) is 7.23. The van der Waals surface area contributed by atoms with E-state index in [9.17, 15) is 30.7 Å². The van der Waals surface area contributed by atoms with E-state index in [2.05, 4.69) is 11.7 Å². The fourth-order valence-electron chi connectivity index (χ4n) is 0.926. The summed E-state index contributed by atoms with van der Waals surface area (Å²) in [5.41, 5.74) is -3.82. The van der Waals surface area contributed by atoms with Crippen LogP contribution in [0.2, 0.25) is 0 Å². The standard InChI is InChI=1S/C8H10F7O.C2H5.Y/c1-6(11,8(14,15)16-2)4-7(12,13)5(10)3-9;1-2;/h3-4H2,1-2H3;1H2,2H3;/q2*-1;. The predicted octanol–water partition coefficient (Wildman–Crippen LogP) is 4.29. The number of hydrogen-bond donors (Lipinski definition) is 0. The minimum atomic E-state index is -4.61. The molecule has 1 radical (unpaired) electrons. The molecule has 115 valence electrons. The molecule has 0 heterocycles. The van der Waals surface area contributed by atoms with Gasteiger partial charge in [0.2, 0.25) is 5.67 Å². The fourth-order valence-corrected chi connectivity index (χ4v) is 0.926. The van der Waals surface area contributed by atoms with Crippen molar-refractivity contribution in [3.8, 4) is 0 Å². The van der Waals surface area contributed by atoms with E-state index in [1.165, 1.54) is 0 Å². The minimum absolute atomic E-state index is 0. The van der Waals surface area contributed by atoms with Crippen LogP contribution in [0.4, 0.5) is 30.7 Å². The summed E-state index contributed by atoms with van der Waals surface area (Å²) in [6.45, 7) is 2.96. The Bertz CT molecular complexity index is 236. The topological polar surface area (TPSA) is 9.23 Å². The van der Waals surface area contributed by atoms with Gasteiger partial charge in [-0.05, 0) is 6.92 Å². The number of methoxy groups -OCH3 is 1. The number of rotatable bonds is 6. The van der Waals surface area contributed by atoms with Crippen LogP contribution in [0.1, 0.15) is 20.3 Å². The van der Waals surface area contributed by atoms with Gasteiger partial charge in [0.25, 0.3) is 0 Å². The van der Waals surface area contributed by atoms with E-state index >= 15 is 0 Å². The van der Waals surface area contributed by atoms with E-state index in [1.807, 2.05) is 0 Å². The molecule has 0 saturated carbocycles. The number of alkyl halides is 6. The summed E-state index contributed by atoms with van der Waals surface area (Å²) in [6.07, 6.45) is -9.23. The van der Waals surface area contributed by atoms with Crippen LogP contribution >= 0.6 is 0 Å². The van der Waals surface area contributed by atoms with Crippen molar-refractivity contribution in [2.45, 2.75) is 38.0 Å². The Hall–Kier alpha value is 0.574. The summed E-state index contributed by atoms with van der Waals surface area (Å²) < 4.78 is 91.2. The van der Waals surface area contributed by atoms with E-state index < -0.39 is 37.0 Å². The van der Waals surface area contributed by atoms with Gasteiger partial charge in [0.1, 0.15) is 0 Å². The molecule has 9 heteroatoms. The van der Waals surface area contributed by atoms with Crippen molar-refractivity contribution < 1.29 is 68.2 Å². The zero-order valence-electron chi connectivity index (χ0n) is 10.8. The smallest absolute Gasteiger partial charge is 0.389 e. The summed E-state index contributed by atoms with van der Waals surface area (Å²) in [6, 6.07) is 0. The molecule has 0 amide bonds. The van der Waals surface area contributed by atoms with Gasteiger partial charge in [-0.2, -0.15) is 15.7 Å². The Morgan fingerprint density at radius 2 is 1.47 bits per heavy atom. The first kappa shape index (κ1) is 24.6. The van der Waals surface area contributed by atoms with Crippen LogP contribution in [0.15, 0.2) is 0 Å². The normalized spacial score (nSPS) is 15.2. The van der Waals surface area contributed by atoms with Crippen LogP contribution in [0.5, 0.6) is 0 Å². The number of ether oxygens (including phenoxy) is 1. The monoisotopic (exact) mass is 373 g/mol. The quantitative estimate of drug-likeness (QED) is 0.499. The van der Waals surface area contributed by atoms with Gasteiger partial charge in [0.15, 0.2) is 5.92 Å². The summed E-state index contributed by atoms with van der Waals surface area (Å²) in [5.74, 6) is -4.61. The van der Waals surface area contributed by atoms with Crippen LogP contribution in [0.25, 0.3) is 0 Å². The fraction of sp³-hybridized carbons (Fsp3) is 0.800. The van der Waals surface area contributed by atoms with Crippen molar-refractivity contribution >= 4 is 0 Å². The molecule has 1 unspecified atom stereocenters. The molecule has 0 aromatic rings. The molecular formula is C10H15F7OY-2. The van der Waals surface area contributed by atoms with E-state index in [0.29, 0.717) is 7.11 Å². The first-order chi connectivity index (χ1) is 8.00. The van der Waals surface area contributed by atoms with Crippen molar-refractivity contribution in [2.24, 2.45) is 0 Å². The SMILES string of the molecule is COC(F)(F)C(C)(F)CC(F)(F)[C-](F)CF.[CH2-]C.[Y]. The molecule has 0 aromatic heterocycles. The molecule has 1 nitrogen and oxygen atoms in total. The van der Waals surface area contributed by atoms with Gasteiger partial charge in [-0.1, -0.05) is 6.17 Å². The van der Waals surface area contributed by atoms with E-state index in [-0.39, 0.29) is 39.6 Å². The Morgan fingerprint density at radius 1 is 1.11 bits per heavy atom. The van der Waals surface area contributed by atoms with Crippen LogP contribution in [-0.2, 0) is 37.4 Å². The maximum Gasteiger partial charge on any atom is 0.389 e. The summed E-state index contributed by atoms with van der Waals surface area (Å²) in [5, 5.41) is 0. The summed E-state index contributed by atoms with van der Waals surface area (Å²) in [4.78, 5) is 0. The maximum atomic E-state index is 13.2. The van der Waals surface area contributed by atoms with Crippen LogP contribution in [-0.4, -0.2) is 31.5 Å². The van der Waals surface area contributed by atoms with Crippen molar-refractivity contribution in [3.05, 3.63) is 13.1 Å². The Balaban J connectivity index is -0.000000809. The van der Waals surface area contributed by atoms with Crippen molar-refractivity contribution in [3.63, 3.8) is 0 Å². The molecule has 0 N–H and O–H groups in total. The molecule has 0 rings (SSSR count). The van der Waals surface area contributed by atoms with Crippen LogP contribution in [0, 0.1) is 13.1 Å².